The third-order valence-electron chi connectivity index (χ3n) is 6.87. The van der Waals surface area contributed by atoms with Crippen LogP contribution in [0.25, 0.3) is 11.4 Å². The van der Waals surface area contributed by atoms with Crippen LogP contribution in [0, 0.1) is 19.7 Å². The van der Waals surface area contributed by atoms with E-state index in [0.717, 1.165) is 0 Å². The number of aliphatic hydroxyl groups is 1. The van der Waals surface area contributed by atoms with Crippen molar-refractivity contribution in [1.29, 1.82) is 0 Å². The highest BCUT2D eigenvalue weighted by molar-refractivity contribution is 6.47. The first-order valence-corrected chi connectivity index (χ1v) is 11.8. The van der Waals surface area contributed by atoms with Gasteiger partial charge in [-0.2, -0.15) is 0 Å². The van der Waals surface area contributed by atoms with Crippen molar-refractivity contribution < 1.29 is 23.9 Å². The predicted molar refractivity (Wildman–Crippen MR) is 133 cm³/mol. The molecule has 3 N–H and O–H groups in total. The molecule has 8 nitrogen and oxygen atoms in total. The van der Waals surface area contributed by atoms with E-state index in [1.807, 2.05) is 0 Å². The van der Waals surface area contributed by atoms with Crippen LogP contribution in [0.5, 0.6) is 0 Å². The lowest BCUT2D eigenvalue weighted by Gasteiger charge is -2.35. The van der Waals surface area contributed by atoms with Crippen LogP contribution in [0.15, 0.2) is 42.6 Å². The fourth-order valence-corrected chi connectivity index (χ4v) is 5.05. The number of hydrogen-bond donors (Lipinski definition) is 2. The summed E-state index contributed by atoms with van der Waals surface area (Å²) in [5, 5.41) is 9.98. The van der Waals surface area contributed by atoms with Gasteiger partial charge in [-0.25, -0.2) is 4.39 Å². The van der Waals surface area contributed by atoms with Gasteiger partial charge in [-0.1, -0.05) is 6.07 Å². The highest BCUT2D eigenvalue weighted by Crippen LogP contribution is 2.33. The number of carbonyl (C=O) groups excluding carboxylic acids is 3. The first kappa shape index (κ1) is 25.2. The fourth-order valence-electron chi connectivity index (χ4n) is 5.05. The third-order valence-corrected chi connectivity index (χ3v) is 6.87. The Kier molecular flexibility index (Phi) is 7.03. The largest absolute Gasteiger partial charge is 0.393 e. The van der Waals surface area contributed by atoms with E-state index < -0.39 is 29.5 Å². The van der Waals surface area contributed by atoms with Crippen LogP contribution < -0.4 is 10.6 Å². The number of pyridine rings is 1. The van der Waals surface area contributed by atoms with Crippen molar-refractivity contribution in [3.05, 3.63) is 70.8 Å². The van der Waals surface area contributed by atoms with Crippen LogP contribution in [-0.2, 0) is 11.8 Å². The molecule has 0 saturated heterocycles. The molecule has 0 bridgehead atoms. The minimum Gasteiger partial charge on any atom is -0.393 e. The average Bonchev–Trinajstić information content (AvgIpc) is 3.12. The van der Waals surface area contributed by atoms with E-state index in [2.05, 4.69) is 4.98 Å². The molecule has 0 unspecified atom stereocenters. The number of aromatic nitrogens is 2. The molecule has 1 aromatic carbocycles. The van der Waals surface area contributed by atoms with Crippen molar-refractivity contribution in [3.8, 4) is 11.4 Å². The minimum atomic E-state index is -0.812. The number of primary amides is 1. The molecular weight excluding hydrogens is 463 g/mol. The van der Waals surface area contributed by atoms with Gasteiger partial charge in [0.25, 0.3) is 11.7 Å². The highest BCUT2D eigenvalue weighted by atomic mass is 19.1. The molecule has 9 heteroatoms. The number of ketones is 1. The number of anilines is 1. The van der Waals surface area contributed by atoms with E-state index in [9.17, 15) is 23.9 Å². The van der Waals surface area contributed by atoms with Gasteiger partial charge in [0.2, 0.25) is 0 Å². The maximum Gasteiger partial charge on any atom is 0.301 e. The number of hydrogen-bond acceptors (Lipinski definition) is 5. The molecule has 1 fully saturated rings. The quantitative estimate of drug-likeness (QED) is 0.404. The molecule has 2 aromatic heterocycles. The van der Waals surface area contributed by atoms with Gasteiger partial charge in [0.1, 0.15) is 5.82 Å². The molecule has 1 saturated carbocycles. The molecule has 1 aliphatic rings. The van der Waals surface area contributed by atoms with Gasteiger partial charge in [0, 0.05) is 25.0 Å². The Balaban J connectivity index is 1.82. The van der Waals surface area contributed by atoms with E-state index in [1.54, 1.807) is 45.3 Å². The molecule has 0 aliphatic heterocycles. The van der Waals surface area contributed by atoms with Gasteiger partial charge < -0.3 is 20.3 Å². The summed E-state index contributed by atoms with van der Waals surface area (Å²) in [5.74, 6) is -2.76. The van der Waals surface area contributed by atoms with Gasteiger partial charge in [-0.3, -0.25) is 19.4 Å². The van der Waals surface area contributed by atoms with Crippen LogP contribution in [-0.4, -0.2) is 44.4 Å². The summed E-state index contributed by atoms with van der Waals surface area (Å²) in [6.45, 7) is 3.17. The summed E-state index contributed by atoms with van der Waals surface area (Å²) in [6.07, 6.45) is 3.07. The summed E-state index contributed by atoms with van der Waals surface area (Å²) >= 11 is 0. The monoisotopic (exact) mass is 492 g/mol. The van der Waals surface area contributed by atoms with Crippen molar-refractivity contribution in [1.82, 2.24) is 9.55 Å². The first-order valence-electron chi connectivity index (χ1n) is 11.8. The topological polar surface area (TPSA) is 119 Å². The molecule has 2 amide bonds. The Hall–Kier alpha value is -3.85. The normalized spacial score (nSPS) is 17.6. The maximum atomic E-state index is 14.0. The predicted octanol–water partition coefficient (Wildman–Crippen LogP) is 3.46. The number of halogens is 1. The molecule has 2 heterocycles. The van der Waals surface area contributed by atoms with Crippen LogP contribution >= 0.6 is 0 Å². The zero-order valence-corrected chi connectivity index (χ0v) is 20.5. The fraction of sp³-hybridized carbons (Fsp3) is 0.333. The molecule has 3 aromatic rings. The van der Waals surface area contributed by atoms with E-state index in [4.69, 9.17) is 5.73 Å². The molecule has 0 atom stereocenters. The maximum absolute atomic E-state index is 14.0. The number of Topliss-reactive ketones (excluding diaryl/α,β-unsaturated/α-hetero) is 1. The number of aryl methyl sites for hydroxylation is 1. The zero-order chi connectivity index (χ0) is 26.1. The number of amides is 2. The van der Waals surface area contributed by atoms with E-state index in [1.165, 1.54) is 27.7 Å². The van der Waals surface area contributed by atoms with E-state index in [0.29, 0.717) is 53.9 Å². The summed E-state index contributed by atoms with van der Waals surface area (Å²) in [7, 11) is 1.59. The zero-order valence-electron chi connectivity index (χ0n) is 20.5. The molecular formula is C27H29FN4O4. The van der Waals surface area contributed by atoms with Gasteiger partial charge in [0.05, 0.1) is 28.7 Å². The lowest BCUT2D eigenvalue weighted by atomic mass is 9.91. The Labute approximate surface area is 208 Å². The lowest BCUT2D eigenvalue weighted by Crippen LogP contribution is -2.47. The van der Waals surface area contributed by atoms with Crippen molar-refractivity contribution in [2.75, 3.05) is 4.90 Å². The van der Waals surface area contributed by atoms with Crippen LogP contribution in [0.3, 0.4) is 0 Å². The molecule has 36 heavy (non-hydrogen) atoms. The SMILES string of the molecule is Cc1cc(N(C(=O)C(=O)c2c(C)c(C(N)=O)c(-c3ccccn3)n2C)C2CCC(O)CC2)ccc1F. The summed E-state index contributed by atoms with van der Waals surface area (Å²) in [5.41, 5.74) is 7.66. The van der Waals surface area contributed by atoms with E-state index >= 15 is 0 Å². The number of benzene rings is 1. The molecule has 0 spiro atoms. The second kappa shape index (κ2) is 10.0. The summed E-state index contributed by atoms with van der Waals surface area (Å²) in [4.78, 5) is 45.7. The molecule has 1 aliphatic carbocycles. The van der Waals surface area contributed by atoms with E-state index in [-0.39, 0.29) is 17.3 Å². The molecule has 0 radical (unpaired) electrons. The van der Waals surface area contributed by atoms with Crippen molar-refractivity contribution in [3.63, 3.8) is 0 Å². The average molecular weight is 493 g/mol. The number of aliphatic hydroxyl groups excluding tert-OH is 1. The van der Waals surface area contributed by atoms with Gasteiger partial charge >= 0.3 is 5.91 Å². The Morgan fingerprint density at radius 1 is 1.11 bits per heavy atom. The lowest BCUT2D eigenvalue weighted by molar-refractivity contribution is -0.115. The standard InChI is InChI=1S/C27H29FN4O4/c1-15-14-18(9-12-20(15)28)32(17-7-10-19(33)11-8-17)27(36)25(34)23-16(2)22(26(29)35)24(31(23)3)21-6-4-5-13-30-21/h4-6,9,12-14,17,19,33H,7-8,10-11H2,1-3H3,(H2,29,35). The van der Waals surface area contributed by atoms with Crippen LogP contribution in [0.1, 0.15) is 57.7 Å². The van der Waals surface area contributed by atoms with Crippen LogP contribution in [0.4, 0.5) is 10.1 Å². The third kappa shape index (κ3) is 4.54. The number of nitrogens with two attached hydrogens (primary N) is 1. The van der Waals surface area contributed by atoms with Gasteiger partial charge in [-0.05, 0) is 81.0 Å². The van der Waals surface area contributed by atoms with Crippen molar-refractivity contribution in [2.24, 2.45) is 12.8 Å². The van der Waals surface area contributed by atoms with Gasteiger partial charge in [-0.15, -0.1) is 0 Å². The summed E-state index contributed by atoms with van der Waals surface area (Å²) < 4.78 is 15.5. The Morgan fingerprint density at radius 2 is 1.81 bits per heavy atom. The smallest absolute Gasteiger partial charge is 0.301 e. The second-order valence-corrected chi connectivity index (χ2v) is 9.24. The van der Waals surface area contributed by atoms with Gasteiger partial charge in [0.15, 0.2) is 0 Å². The number of rotatable bonds is 6. The second-order valence-electron chi connectivity index (χ2n) is 9.24. The number of nitrogens with zero attached hydrogens (tertiary/aromatic N) is 3. The minimum absolute atomic E-state index is 0.0362. The molecule has 4 rings (SSSR count). The summed E-state index contributed by atoms with van der Waals surface area (Å²) in [6, 6.07) is 9.10. The van der Waals surface area contributed by atoms with Crippen molar-refractivity contribution in [2.45, 2.75) is 51.7 Å². The molecule has 188 valence electrons. The highest BCUT2D eigenvalue weighted by Gasteiger charge is 2.37. The Morgan fingerprint density at radius 3 is 2.39 bits per heavy atom. The Bertz CT molecular complexity index is 1330. The van der Waals surface area contributed by atoms with Crippen molar-refractivity contribution >= 4 is 23.3 Å². The first-order chi connectivity index (χ1) is 17.1. The number of carbonyl (C=O) groups is 3. The van der Waals surface area contributed by atoms with Crippen LogP contribution in [0.2, 0.25) is 0 Å².